The lowest BCUT2D eigenvalue weighted by Crippen LogP contribution is -2.44. The van der Waals surface area contributed by atoms with Gasteiger partial charge in [0.05, 0.1) is 17.5 Å². The Kier molecular flexibility index (Phi) is 3.02. The zero-order chi connectivity index (χ0) is 13.4. The molecular formula is C13H18N4O2. The molecule has 6 nitrogen and oxygen atoms in total. The first kappa shape index (κ1) is 12.2. The fraction of sp³-hybridized carbons (Fsp3) is 0.538. The SMILES string of the molecule is COC1CN(c2ccc(N)c3nonc23)CCC1C. The van der Waals surface area contributed by atoms with Crippen molar-refractivity contribution in [1.29, 1.82) is 0 Å². The van der Waals surface area contributed by atoms with Crippen LogP contribution in [0.5, 0.6) is 0 Å². The van der Waals surface area contributed by atoms with Crippen LogP contribution >= 0.6 is 0 Å². The lowest BCUT2D eigenvalue weighted by molar-refractivity contribution is 0.0499. The molecule has 2 unspecified atom stereocenters. The van der Waals surface area contributed by atoms with Gasteiger partial charge in [0.15, 0.2) is 11.0 Å². The van der Waals surface area contributed by atoms with Gasteiger partial charge in [-0.1, -0.05) is 6.92 Å². The van der Waals surface area contributed by atoms with Crippen LogP contribution in [0.25, 0.3) is 11.0 Å². The minimum Gasteiger partial charge on any atom is -0.397 e. The molecule has 6 heteroatoms. The molecule has 19 heavy (non-hydrogen) atoms. The molecule has 1 fully saturated rings. The first-order valence-corrected chi connectivity index (χ1v) is 6.49. The molecule has 0 aliphatic carbocycles. The molecule has 1 saturated heterocycles. The second kappa shape index (κ2) is 4.70. The largest absolute Gasteiger partial charge is 0.397 e. The lowest BCUT2D eigenvalue weighted by Gasteiger charge is -2.37. The molecule has 3 rings (SSSR count). The molecule has 2 atom stereocenters. The van der Waals surface area contributed by atoms with Gasteiger partial charge in [0.1, 0.15) is 0 Å². The molecule has 0 bridgehead atoms. The quantitative estimate of drug-likeness (QED) is 0.829. The third-order valence-corrected chi connectivity index (χ3v) is 3.96. The molecule has 0 saturated carbocycles. The van der Waals surface area contributed by atoms with Gasteiger partial charge >= 0.3 is 0 Å². The van der Waals surface area contributed by atoms with Crippen molar-refractivity contribution >= 4 is 22.4 Å². The Bertz CT molecular complexity index is 583. The van der Waals surface area contributed by atoms with Crippen LogP contribution in [0.3, 0.4) is 0 Å². The van der Waals surface area contributed by atoms with Crippen LogP contribution in [0, 0.1) is 5.92 Å². The van der Waals surface area contributed by atoms with Crippen LogP contribution in [0.4, 0.5) is 11.4 Å². The van der Waals surface area contributed by atoms with Crippen LogP contribution in [0.2, 0.25) is 0 Å². The Morgan fingerprint density at radius 3 is 2.95 bits per heavy atom. The van der Waals surface area contributed by atoms with E-state index in [2.05, 4.69) is 22.1 Å². The number of aromatic nitrogens is 2. The summed E-state index contributed by atoms with van der Waals surface area (Å²) in [5, 5.41) is 7.83. The second-order valence-electron chi connectivity index (χ2n) is 5.12. The number of hydrogen-bond acceptors (Lipinski definition) is 6. The molecular weight excluding hydrogens is 244 g/mol. The fourth-order valence-corrected chi connectivity index (χ4v) is 2.69. The molecule has 1 aliphatic rings. The lowest BCUT2D eigenvalue weighted by atomic mass is 9.95. The monoisotopic (exact) mass is 262 g/mol. The number of benzene rings is 1. The number of ether oxygens (including phenoxy) is 1. The minimum atomic E-state index is 0.237. The molecule has 1 aromatic heterocycles. The summed E-state index contributed by atoms with van der Waals surface area (Å²) in [6.45, 7) is 4.05. The highest BCUT2D eigenvalue weighted by Crippen LogP contribution is 2.31. The normalized spacial score (nSPS) is 24.0. The molecule has 0 radical (unpaired) electrons. The van der Waals surface area contributed by atoms with Gasteiger partial charge < -0.3 is 15.4 Å². The molecule has 2 heterocycles. The summed E-state index contributed by atoms with van der Waals surface area (Å²) in [7, 11) is 1.76. The highest BCUT2D eigenvalue weighted by molar-refractivity contribution is 5.95. The van der Waals surface area contributed by atoms with Crippen molar-refractivity contribution in [2.75, 3.05) is 30.8 Å². The van der Waals surface area contributed by atoms with E-state index in [4.69, 9.17) is 15.1 Å². The highest BCUT2D eigenvalue weighted by atomic mass is 16.6. The van der Waals surface area contributed by atoms with E-state index in [0.29, 0.717) is 17.1 Å². The first-order chi connectivity index (χ1) is 9.20. The molecule has 0 amide bonds. The van der Waals surface area contributed by atoms with E-state index in [1.165, 1.54) is 0 Å². The van der Waals surface area contributed by atoms with Crippen molar-refractivity contribution in [2.24, 2.45) is 5.92 Å². The second-order valence-corrected chi connectivity index (χ2v) is 5.12. The zero-order valence-corrected chi connectivity index (χ0v) is 11.2. The summed E-state index contributed by atoms with van der Waals surface area (Å²) in [6.07, 6.45) is 1.33. The van der Waals surface area contributed by atoms with Gasteiger partial charge in [-0.15, -0.1) is 0 Å². The van der Waals surface area contributed by atoms with Crippen molar-refractivity contribution < 1.29 is 9.37 Å². The maximum absolute atomic E-state index is 5.87. The fourth-order valence-electron chi connectivity index (χ4n) is 2.69. The number of rotatable bonds is 2. The van der Waals surface area contributed by atoms with Gasteiger partial charge in [0, 0.05) is 20.2 Å². The van der Waals surface area contributed by atoms with E-state index in [1.807, 2.05) is 12.1 Å². The van der Waals surface area contributed by atoms with Crippen molar-refractivity contribution in [3.63, 3.8) is 0 Å². The standard InChI is InChI=1S/C13H18N4O2/c1-8-5-6-17(7-11(8)18-2)10-4-3-9(14)12-13(10)16-19-15-12/h3-4,8,11H,5-7,14H2,1-2H3. The summed E-state index contributed by atoms with van der Waals surface area (Å²) >= 11 is 0. The summed E-state index contributed by atoms with van der Waals surface area (Å²) in [5.41, 5.74) is 8.83. The van der Waals surface area contributed by atoms with Crippen molar-refractivity contribution in [2.45, 2.75) is 19.4 Å². The topological polar surface area (TPSA) is 77.4 Å². The van der Waals surface area contributed by atoms with Crippen LogP contribution in [0.15, 0.2) is 16.8 Å². The van der Waals surface area contributed by atoms with E-state index >= 15 is 0 Å². The van der Waals surface area contributed by atoms with Gasteiger partial charge in [-0.05, 0) is 34.8 Å². The summed E-state index contributed by atoms with van der Waals surface area (Å²) in [6, 6.07) is 3.83. The van der Waals surface area contributed by atoms with Crippen LogP contribution in [-0.2, 0) is 4.74 Å². The Morgan fingerprint density at radius 1 is 1.37 bits per heavy atom. The van der Waals surface area contributed by atoms with Gasteiger partial charge in [0.2, 0.25) is 0 Å². The molecule has 102 valence electrons. The van der Waals surface area contributed by atoms with Crippen molar-refractivity contribution in [3.05, 3.63) is 12.1 Å². The maximum Gasteiger partial charge on any atom is 0.160 e. The Morgan fingerprint density at radius 2 is 2.16 bits per heavy atom. The number of fused-ring (bicyclic) bond motifs is 1. The highest BCUT2D eigenvalue weighted by Gasteiger charge is 2.27. The Hall–Kier alpha value is -1.82. The number of nitrogen functional groups attached to an aromatic ring is 1. The van der Waals surface area contributed by atoms with E-state index < -0.39 is 0 Å². The maximum atomic E-state index is 5.87. The van der Waals surface area contributed by atoms with E-state index in [1.54, 1.807) is 7.11 Å². The van der Waals surface area contributed by atoms with E-state index in [-0.39, 0.29) is 6.10 Å². The number of nitrogens with two attached hydrogens (primary N) is 1. The zero-order valence-electron chi connectivity index (χ0n) is 11.2. The van der Waals surface area contributed by atoms with Crippen molar-refractivity contribution in [1.82, 2.24) is 10.3 Å². The van der Waals surface area contributed by atoms with Gasteiger partial charge in [-0.3, -0.25) is 0 Å². The predicted octanol–water partition coefficient (Wildman–Crippen LogP) is 1.67. The number of piperidine rings is 1. The number of hydrogen-bond donors (Lipinski definition) is 1. The Labute approximate surface area is 111 Å². The number of anilines is 2. The van der Waals surface area contributed by atoms with Crippen LogP contribution < -0.4 is 10.6 Å². The third kappa shape index (κ3) is 2.02. The molecule has 1 aliphatic heterocycles. The Balaban J connectivity index is 1.96. The summed E-state index contributed by atoms with van der Waals surface area (Å²) in [5.74, 6) is 0.570. The van der Waals surface area contributed by atoms with E-state index in [0.717, 1.165) is 30.7 Å². The van der Waals surface area contributed by atoms with Crippen LogP contribution in [0.1, 0.15) is 13.3 Å². The summed E-state index contributed by atoms with van der Waals surface area (Å²) < 4.78 is 10.4. The average Bonchev–Trinajstić information content (AvgIpc) is 2.90. The van der Waals surface area contributed by atoms with Gasteiger partial charge in [-0.25, -0.2) is 4.63 Å². The van der Waals surface area contributed by atoms with E-state index in [9.17, 15) is 0 Å². The number of methoxy groups -OCH3 is 1. The number of nitrogens with zero attached hydrogens (tertiary/aromatic N) is 3. The van der Waals surface area contributed by atoms with Gasteiger partial charge in [0.25, 0.3) is 0 Å². The molecule has 2 aromatic rings. The van der Waals surface area contributed by atoms with Crippen molar-refractivity contribution in [3.8, 4) is 0 Å². The molecule has 2 N–H and O–H groups in total. The van der Waals surface area contributed by atoms with Crippen LogP contribution in [-0.4, -0.2) is 36.6 Å². The average molecular weight is 262 g/mol. The first-order valence-electron chi connectivity index (χ1n) is 6.49. The third-order valence-electron chi connectivity index (χ3n) is 3.96. The summed E-state index contributed by atoms with van der Waals surface area (Å²) in [4.78, 5) is 2.26. The predicted molar refractivity (Wildman–Crippen MR) is 73.0 cm³/mol. The molecule has 1 aromatic carbocycles. The van der Waals surface area contributed by atoms with Gasteiger partial charge in [-0.2, -0.15) is 0 Å². The minimum absolute atomic E-state index is 0.237. The smallest absolute Gasteiger partial charge is 0.160 e. The molecule has 0 spiro atoms.